The number of carbonyl (C=O) groups is 1. The van der Waals surface area contributed by atoms with Gasteiger partial charge in [0.2, 0.25) is 6.17 Å². The average molecular weight is 561 g/mol. The summed E-state index contributed by atoms with van der Waals surface area (Å²) >= 11 is 0. The normalized spacial score (nSPS) is 20.4. The fourth-order valence-electron chi connectivity index (χ4n) is 5.23. The Labute approximate surface area is 233 Å². The van der Waals surface area contributed by atoms with Crippen LogP contribution in [0.4, 0.5) is 26.3 Å². The van der Waals surface area contributed by atoms with E-state index < -0.39 is 24.0 Å². The highest BCUT2D eigenvalue weighted by Crippen LogP contribution is 2.46. The molecule has 41 heavy (non-hydrogen) atoms. The van der Waals surface area contributed by atoms with Gasteiger partial charge in [0.25, 0.3) is 17.7 Å². The predicted molar refractivity (Wildman–Crippen MR) is 146 cm³/mol. The first kappa shape index (κ1) is 25.3. The average Bonchev–Trinajstić information content (AvgIpc) is 3.59. The number of hydrogen-bond donors (Lipinski definition) is 2. The molecule has 4 aromatic rings. The number of carbonyl (C=O) groups excluding carboxylic acids is 1. The van der Waals surface area contributed by atoms with E-state index in [0.717, 1.165) is 11.1 Å². The van der Waals surface area contributed by atoms with E-state index in [9.17, 15) is 13.6 Å². The van der Waals surface area contributed by atoms with Crippen molar-refractivity contribution in [1.29, 1.82) is 0 Å². The number of aliphatic imine (C=N–C) groups is 1. The molecule has 1 atom stereocenters. The van der Waals surface area contributed by atoms with Crippen LogP contribution in [0.5, 0.6) is 0 Å². The number of nitrogens with zero attached hydrogens (tertiary/aromatic N) is 6. The minimum atomic E-state index is -2.68. The van der Waals surface area contributed by atoms with E-state index in [4.69, 9.17) is 14.1 Å². The number of aromatic nitrogens is 4. The second kappa shape index (κ2) is 10.1. The minimum Gasteiger partial charge on any atom is -0.403 e. The van der Waals surface area contributed by atoms with Crippen LogP contribution < -0.4 is 15.5 Å². The highest BCUT2D eigenvalue weighted by molar-refractivity contribution is 6.19. The van der Waals surface area contributed by atoms with Crippen molar-refractivity contribution in [3.05, 3.63) is 71.9 Å². The zero-order valence-electron chi connectivity index (χ0n) is 21.8. The molecule has 2 aliphatic heterocycles. The lowest BCUT2D eigenvalue weighted by atomic mass is 9.88. The van der Waals surface area contributed by atoms with Crippen LogP contribution in [0.1, 0.15) is 30.0 Å². The van der Waals surface area contributed by atoms with Gasteiger partial charge in [-0.3, -0.25) is 9.48 Å². The number of amides is 1. The van der Waals surface area contributed by atoms with Gasteiger partial charge in [-0.1, -0.05) is 53.6 Å². The van der Waals surface area contributed by atoms with E-state index in [1.165, 1.54) is 0 Å². The molecule has 2 fully saturated rings. The Morgan fingerprint density at radius 3 is 2.51 bits per heavy atom. The number of hydrogen-bond acceptors (Lipinski definition) is 9. The van der Waals surface area contributed by atoms with E-state index in [1.54, 1.807) is 10.9 Å². The number of nitrogens with one attached hydrogen (secondary N) is 2. The van der Waals surface area contributed by atoms with Crippen molar-refractivity contribution in [1.82, 2.24) is 20.0 Å². The lowest BCUT2D eigenvalue weighted by molar-refractivity contribution is -0.116. The number of ether oxygens (including phenoxy) is 1. The molecule has 0 spiro atoms. The molecular formula is C28H26F2N8O3. The molecule has 13 heteroatoms. The van der Waals surface area contributed by atoms with E-state index >= 15 is 0 Å². The number of benzodiazepines with no additional fused rings is 1. The van der Waals surface area contributed by atoms with Gasteiger partial charge < -0.3 is 24.7 Å². The highest BCUT2D eigenvalue weighted by atomic mass is 19.3. The summed E-state index contributed by atoms with van der Waals surface area (Å²) in [5.74, 6) is -2.37. The maximum Gasteiger partial charge on any atom is 0.317 e. The number of alkyl halides is 2. The first-order chi connectivity index (χ1) is 19.9. The lowest BCUT2D eigenvalue weighted by Gasteiger charge is -2.35. The summed E-state index contributed by atoms with van der Waals surface area (Å²) in [6.45, 7) is 2.21. The van der Waals surface area contributed by atoms with Crippen molar-refractivity contribution in [3.63, 3.8) is 0 Å². The van der Waals surface area contributed by atoms with Crippen LogP contribution in [0, 0.1) is 0 Å². The van der Waals surface area contributed by atoms with Crippen molar-refractivity contribution in [2.45, 2.75) is 31.0 Å². The molecule has 0 bridgehead atoms. The van der Waals surface area contributed by atoms with Gasteiger partial charge in [0.1, 0.15) is 5.56 Å². The Balaban J connectivity index is 1.20. The molecule has 2 aromatic heterocycles. The predicted octanol–water partition coefficient (Wildman–Crippen LogP) is 3.97. The van der Waals surface area contributed by atoms with Crippen LogP contribution in [-0.2, 0) is 9.53 Å². The van der Waals surface area contributed by atoms with Gasteiger partial charge in [0.05, 0.1) is 30.7 Å². The highest BCUT2D eigenvalue weighted by Gasteiger charge is 2.47. The van der Waals surface area contributed by atoms with Crippen LogP contribution in [-0.4, -0.2) is 70.0 Å². The second-order valence-corrected chi connectivity index (χ2v) is 10.2. The third-order valence-electron chi connectivity index (χ3n) is 7.38. The van der Waals surface area contributed by atoms with E-state index in [1.807, 2.05) is 59.5 Å². The number of rotatable bonds is 6. The molecule has 1 amide bonds. The molecule has 11 nitrogen and oxygen atoms in total. The molecule has 7 rings (SSSR count). The maximum absolute atomic E-state index is 13.6. The van der Waals surface area contributed by atoms with Crippen LogP contribution in [0.15, 0.2) is 70.2 Å². The second-order valence-electron chi connectivity index (χ2n) is 10.2. The number of fused-ring (bicyclic) bond motifs is 1. The summed E-state index contributed by atoms with van der Waals surface area (Å²) in [4.78, 5) is 20.0. The van der Waals surface area contributed by atoms with E-state index in [-0.39, 0.29) is 24.7 Å². The maximum atomic E-state index is 13.6. The third kappa shape index (κ3) is 4.92. The molecule has 0 radical (unpaired) electrons. The number of halogens is 2. The van der Waals surface area contributed by atoms with Gasteiger partial charge in [-0.2, -0.15) is 5.10 Å². The largest absolute Gasteiger partial charge is 0.403 e. The quantitative estimate of drug-likeness (QED) is 0.363. The zero-order chi connectivity index (χ0) is 28.0. The summed E-state index contributed by atoms with van der Waals surface area (Å²) in [5, 5.41) is 18.8. The summed E-state index contributed by atoms with van der Waals surface area (Å²) in [6, 6.07) is 16.6. The molecule has 210 valence electrons. The van der Waals surface area contributed by atoms with Crippen LogP contribution in [0.3, 0.4) is 0 Å². The molecule has 0 unspecified atom stereocenters. The zero-order valence-corrected chi connectivity index (χ0v) is 21.8. The molecule has 1 saturated heterocycles. The molecular weight excluding hydrogens is 534 g/mol. The smallest absolute Gasteiger partial charge is 0.317 e. The van der Waals surface area contributed by atoms with E-state index in [2.05, 4.69) is 25.9 Å². The van der Waals surface area contributed by atoms with Crippen molar-refractivity contribution in [2.75, 3.05) is 41.8 Å². The minimum absolute atomic E-state index is 0.0156. The fourth-order valence-corrected chi connectivity index (χ4v) is 5.23. The Bertz CT molecular complexity index is 1610. The Morgan fingerprint density at radius 2 is 1.73 bits per heavy atom. The monoisotopic (exact) mass is 560 g/mol. The lowest BCUT2D eigenvalue weighted by Crippen LogP contribution is -2.38. The summed E-state index contributed by atoms with van der Waals surface area (Å²) < 4.78 is 40.2. The molecule has 4 heterocycles. The van der Waals surface area contributed by atoms with Gasteiger partial charge in [0.15, 0.2) is 5.82 Å². The first-order valence-corrected chi connectivity index (χ1v) is 13.4. The molecule has 2 N–H and O–H groups in total. The van der Waals surface area contributed by atoms with Crippen molar-refractivity contribution in [2.24, 2.45) is 4.99 Å². The first-order valence-electron chi connectivity index (χ1n) is 13.4. The van der Waals surface area contributed by atoms with Crippen LogP contribution in [0.2, 0.25) is 0 Å². The number of para-hydroxylation sites is 1. The van der Waals surface area contributed by atoms with Gasteiger partial charge in [-0.15, -0.1) is 5.10 Å². The number of anilines is 3. The Kier molecular flexibility index (Phi) is 6.22. The Hall–Kier alpha value is -4.65. The standard InChI is InChI=1S/C28H26F2N8O3/c29-28(30)14-18(15-28)38-16-20(24(36-38)37-10-12-40-13-11-37)26-34-35-27(41-26)33-23-25(39)31-21-9-5-4-8-19(21)22(32-23)17-6-2-1-3-7-17/h1-9,16,18,23H,10-15H2,(H,31,39)(H,33,35)/t23-/m1/s1. The van der Waals surface area contributed by atoms with Crippen LogP contribution >= 0.6 is 0 Å². The van der Waals surface area contributed by atoms with Crippen molar-refractivity contribution >= 4 is 29.1 Å². The molecule has 1 saturated carbocycles. The van der Waals surface area contributed by atoms with Crippen LogP contribution in [0.25, 0.3) is 11.5 Å². The fraction of sp³-hybridized carbons (Fsp3) is 0.321. The molecule has 3 aliphatic rings. The summed E-state index contributed by atoms with van der Waals surface area (Å²) in [5.41, 5.74) is 3.42. The number of morpholine rings is 1. The SMILES string of the molecule is O=C1Nc2ccccc2C(c2ccccc2)=N[C@@H]1Nc1nnc(-c2cn(C3CC(F)(F)C3)nc2N2CCOCC2)o1. The van der Waals surface area contributed by atoms with E-state index in [0.29, 0.717) is 49.1 Å². The van der Waals surface area contributed by atoms with Gasteiger partial charge >= 0.3 is 6.01 Å². The van der Waals surface area contributed by atoms with Crippen molar-refractivity contribution < 1.29 is 22.7 Å². The van der Waals surface area contributed by atoms with Gasteiger partial charge in [-0.25, -0.2) is 13.8 Å². The molecule has 2 aromatic carbocycles. The number of benzene rings is 2. The van der Waals surface area contributed by atoms with Gasteiger partial charge in [-0.05, 0) is 6.07 Å². The van der Waals surface area contributed by atoms with Crippen molar-refractivity contribution in [3.8, 4) is 11.5 Å². The summed E-state index contributed by atoms with van der Waals surface area (Å²) in [6.07, 6.45) is 0.0649. The molecule has 1 aliphatic carbocycles. The Morgan fingerprint density at radius 1 is 0.976 bits per heavy atom. The topological polar surface area (TPSA) is 123 Å². The van der Waals surface area contributed by atoms with Gasteiger partial charge in [0, 0.05) is 43.3 Å². The summed E-state index contributed by atoms with van der Waals surface area (Å²) in [7, 11) is 0. The third-order valence-corrected chi connectivity index (χ3v) is 7.38.